The molecule has 0 amide bonds. The van der Waals surface area contributed by atoms with Gasteiger partial charge in [0.1, 0.15) is 11.3 Å². The van der Waals surface area contributed by atoms with Gasteiger partial charge in [-0.2, -0.15) is 0 Å². The van der Waals surface area contributed by atoms with Crippen LogP contribution in [0, 0.1) is 0 Å². The van der Waals surface area contributed by atoms with E-state index in [0.29, 0.717) is 16.9 Å². The van der Waals surface area contributed by atoms with Crippen molar-refractivity contribution in [1.29, 1.82) is 0 Å². The van der Waals surface area contributed by atoms with Crippen molar-refractivity contribution < 1.29 is 9.90 Å². The third-order valence-electron chi connectivity index (χ3n) is 2.42. The average molecular weight is 215 g/mol. The smallest absolute Gasteiger partial charge is 0.337 e. The number of carbonyl (C=O) groups is 1. The van der Waals surface area contributed by atoms with Gasteiger partial charge in [0.25, 0.3) is 0 Å². The van der Waals surface area contributed by atoms with E-state index in [9.17, 15) is 4.79 Å². The highest BCUT2D eigenvalue weighted by molar-refractivity contribution is 6.04. The normalized spacial score (nSPS) is 12.8. The summed E-state index contributed by atoms with van der Waals surface area (Å²) in [5.74, 6) is -0.372. The van der Waals surface area contributed by atoms with Crippen molar-refractivity contribution in [2.24, 2.45) is 0 Å². The van der Waals surface area contributed by atoms with Crippen molar-refractivity contribution >= 4 is 25.0 Å². The van der Waals surface area contributed by atoms with E-state index < -0.39 is 5.97 Å². The summed E-state index contributed by atoms with van der Waals surface area (Å²) < 4.78 is 0. The lowest BCUT2D eigenvalue weighted by molar-refractivity contribution is 0.0699. The van der Waals surface area contributed by atoms with Crippen LogP contribution in [0.15, 0.2) is 18.2 Å². The molecule has 5 nitrogen and oxygen atoms in total. The van der Waals surface area contributed by atoms with Crippen LogP contribution in [-0.2, 0) is 0 Å². The molecule has 16 heavy (non-hydrogen) atoms. The van der Waals surface area contributed by atoms with E-state index >= 15 is 0 Å². The zero-order chi connectivity index (χ0) is 11.7. The molecule has 0 unspecified atom stereocenters. The summed E-state index contributed by atoms with van der Waals surface area (Å²) in [5.41, 5.74) is 1.33. The molecule has 3 N–H and O–H groups in total. The SMILES string of the molecule is [B]N[C@@H](C)c1nc2c(C(=O)O)cccc2[nH]1. The Balaban J connectivity index is 2.61. The van der Waals surface area contributed by atoms with E-state index in [-0.39, 0.29) is 11.6 Å². The van der Waals surface area contributed by atoms with Gasteiger partial charge < -0.3 is 15.3 Å². The number of rotatable bonds is 3. The van der Waals surface area contributed by atoms with Gasteiger partial charge in [0.15, 0.2) is 7.98 Å². The van der Waals surface area contributed by atoms with Crippen molar-refractivity contribution in [3.8, 4) is 0 Å². The summed E-state index contributed by atoms with van der Waals surface area (Å²) in [4.78, 5) is 18.2. The summed E-state index contributed by atoms with van der Waals surface area (Å²) in [6.45, 7) is 1.83. The Morgan fingerprint density at radius 1 is 1.62 bits per heavy atom. The highest BCUT2D eigenvalue weighted by Crippen LogP contribution is 2.19. The van der Waals surface area contributed by atoms with E-state index in [1.54, 1.807) is 12.1 Å². The molecule has 1 atom stereocenters. The third-order valence-corrected chi connectivity index (χ3v) is 2.42. The number of nitrogens with zero attached hydrogens (tertiary/aromatic N) is 1. The number of carboxylic acid groups (broad SMARTS) is 1. The molecule has 1 aromatic carbocycles. The number of para-hydroxylation sites is 1. The fraction of sp³-hybridized carbons (Fsp3) is 0.200. The highest BCUT2D eigenvalue weighted by Gasteiger charge is 2.14. The predicted octanol–water partition coefficient (Wildman–Crippen LogP) is 0.995. The quantitative estimate of drug-likeness (QED) is 0.667. The van der Waals surface area contributed by atoms with Crippen LogP contribution in [0.25, 0.3) is 11.0 Å². The van der Waals surface area contributed by atoms with Gasteiger partial charge >= 0.3 is 5.97 Å². The fourth-order valence-electron chi connectivity index (χ4n) is 1.51. The zero-order valence-corrected chi connectivity index (χ0v) is 8.69. The molecule has 2 radical (unpaired) electrons. The molecule has 80 valence electrons. The number of benzene rings is 1. The summed E-state index contributed by atoms with van der Waals surface area (Å²) in [5, 5.41) is 11.5. The monoisotopic (exact) mass is 215 g/mol. The van der Waals surface area contributed by atoms with Crippen molar-refractivity contribution in [2.45, 2.75) is 13.0 Å². The first-order chi connectivity index (χ1) is 7.63. The fourth-order valence-corrected chi connectivity index (χ4v) is 1.51. The van der Waals surface area contributed by atoms with Crippen molar-refractivity contribution in [2.75, 3.05) is 0 Å². The second-order valence-electron chi connectivity index (χ2n) is 3.52. The van der Waals surface area contributed by atoms with Crippen LogP contribution >= 0.6 is 0 Å². The zero-order valence-electron chi connectivity index (χ0n) is 8.69. The minimum Gasteiger partial charge on any atom is -0.478 e. The summed E-state index contributed by atoms with van der Waals surface area (Å²) in [6.07, 6.45) is 0. The van der Waals surface area contributed by atoms with Gasteiger partial charge in [0.05, 0.1) is 17.1 Å². The van der Waals surface area contributed by atoms with Crippen LogP contribution in [-0.4, -0.2) is 29.0 Å². The number of aromatic nitrogens is 2. The molecule has 0 spiro atoms. The molecule has 0 saturated carbocycles. The van der Waals surface area contributed by atoms with Gasteiger partial charge in [-0.1, -0.05) is 6.07 Å². The van der Waals surface area contributed by atoms with Gasteiger partial charge in [-0.15, -0.1) is 0 Å². The molecule has 1 aromatic heterocycles. The maximum Gasteiger partial charge on any atom is 0.337 e. The second-order valence-corrected chi connectivity index (χ2v) is 3.52. The van der Waals surface area contributed by atoms with E-state index in [1.165, 1.54) is 6.07 Å². The number of aromatic carboxylic acids is 1. The van der Waals surface area contributed by atoms with Crippen molar-refractivity contribution in [3.63, 3.8) is 0 Å². The van der Waals surface area contributed by atoms with Crippen molar-refractivity contribution in [3.05, 3.63) is 29.6 Å². The topological polar surface area (TPSA) is 78.0 Å². The van der Waals surface area contributed by atoms with Crippen LogP contribution in [0.2, 0.25) is 0 Å². The molecular formula is C10H10BN3O2. The molecule has 0 aliphatic rings. The van der Waals surface area contributed by atoms with Crippen LogP contribution in [0.5, 0.6) is 0 Å². The molecule has 0 fully saturated rings. The molecule has 6 heteroatoms. The number of fused-ring (bicyclic) bond motifs is 1. The Hall–Kier alpha value is -1.82. The molecule has 0 aliphatic carbocycles. The Morgan fingerprint density at radius 2 is 2.38 bits per heavy atom. The van der Waals surface area contributed by atoms with E-state index in [1.807, 2.05) is 6.92 Å². The van der Waals surface area contributed by atoms with Crippen LogP contribution in [0.1, 0.15) is 29.1 Å². The molecule has 1 heterocycles. The Kier molecular flexibility index (Phi) is 2.66. The molecular weight excluding hydrogens is 205 g/mol. The number of hydrogen-bond acceptors (Lipinski definition) is 3. The molecule has 0 aliphatic heterocycles. The van der Waals surface area contributed by atoms with E-state index in [0.717, 1.165) is 0 Å². The third kappa shape index (κ3) is 1.67. The number of H-pyrrole nitrogens is 1. The lowest BCUT2D eigenvalue weighted by Crippen LogP contribution is -2.15. The predicted molar refractivity (Wildman–Crippen MR) is 60.4 cm³/mol. The van der Waals surface area contributed by atoms with E-state index in [2.05, 4.69) is 15.2 Å². The maximum absolute atomic E-state index is 11.0. The van der Waals surface area contributed by atoms with Gasteiger partial charge in [-0.05, 0) is 19.1 Å². The summed E-state index contributed by atoms with van der Waals surface area (Å²) >= 11 is 0. The standard InChI is InChI=1S/C10H10BN3O2/c1-5(14-11)9-12-7-4-2-3-6(10(15)16)8(7)13-9/h2-5,14H,1H3,(H,12,13)(H,15,16)/t5-/m0/s1. The highest BCUT2D eigenvalue weighted by atomic mass is 16.4. The average Bonchev–Trinajstić information content (AvgIpc) is 2.70. The van der Waals surface area contributed by atoms with Gasteiger partial charge in [0, 0.05) is 0 Å². The first-order valence-electron chi connectivity index (χ1n) is 4.81. The van der Waals surface area contributed by atoms with E-state index in [4.69, 9.17) is 13.1 Å². The molecule has 2 rings (SSSR count). The first-order valence-corrected chi connectivity index (χ1v) is 4.81. The van der Waals surface area contributed by atoms with Gasteiger partial charge in [-0.25, -0.2) is 9.78 Å². The lowest BCUT2D eigenvalue weighted by atomic mass is 10.2. The minimum atomic E-state index is -0.989. The van der Waals surface area contributed by atoms with Crippen LogP contribution < -0.4 is 5.23 Å². The largest absolute Gasteiger partial charge is 0.478 e. The number of carboxylic acids is 1. The molecule has 0 bridgehead atoms. The minimum absolute atomic E-state index is 0.158. The number of nitrogens with one attached hydrogen (secondary N) is 2. The summed E-state index contributed by atoms with van der Waals surface area (Å²) in [6, 6.07) is 4.82. The number of aromatic amines is 1. The van der Waals surface area contributed by atoms with Crippen LogP contribution in [0.4, 0.5) is 0 Å². The van der Waals surface area contributed by atoms with Gasteiger partial charge in [-0.3, -0.25) is 0 Å². The second kappa shape index (κ2) is 3.98. The Labute approximate surface area is 93.3 Å². The van der Waals surface area contributed by atoms with Crippen molar-refractivity contribution in [1.82, 2.24) is 15.2 Å². The van der Waals surface area contributed by atoms with Crippen LogP contribution in [0.3, 0.4) is 0 Å². The molecule has 2 aromatic rings. The number of hydrogen-bond donors (Lipinski definition) is 3. The first kappa shape index (κ1) is 10.7. The molecule has 0 saturated heterocycles. The van der Waals surface area contributed by atoms with Gasteiger partial charge in [0.2, 0.25) is 0 Å². The summed E-state index contributed by atoms with van der Waals surface area (Å²) in [7, 11) is 5.30. The maximum atomic E-state index is 11.0. The lowest BCUT2D eigenvalue weighted by Gasteiger charge is -2.04. The Morgan fingerprint density at radius 3 is 3.00 bits per heavy atom. The Bertz CT molecular complexity index is 538. The number of imidazole rings is 1.